The molecule has 2 N–H and O–H groups in total. The maximum Gasteiger partial charge on any atom is 0.0571 e. The molecule has 82 valence electrons. The minimum absolute atomic E-state index is 0.0513. The Morgan fingerprint density at radius 2 is 1.93 bits per heavy atom. The molecule has 0 saturated heterocycles. The van der Waals surface area contributed by atoms with Crippen molar-refractivity contribution in [2.75, 3.05) is 6.61 Å². The van der Waals surface area contributed by atoms with Crippen LogP contribution in [0.4, 0.5) is 0 Å². The van der Waals surface area contributed by atoms with Crippen molar-refractivity contribution in [3.8, 4) is 0 Å². The normalized spacial score (nSPS) is 44.8. The summed E-state index contributed by atoms with van der Waals surface area (Å²) >= 11 is 0. The van der Waals surface area contributed by atoms with Gasteiger partial charge in [0.2, 0.25) is 0 Å². The molecule has 0 bridgehead atoms. The van der Waals surface area contributed by atoms with E-state index in [0.717, 1.165) is 6.42 Å². The van der Waals surface area contributed by atoms with Gasteiger partial charge < -0.3 is 10.2 Å². The van der Waals surface area contributed by atoms with Crippen LogP contribution in [0.1, 0.15) is 39.0 Å². The Bertz CT molecular complexity index is 193. The Labute approximate surface area is 86.3 Å². The third-order valence-electron chi connectivity index (χ3n) is 4.48. The first-order valence-electron chi connectivity index (χ1n) is 6.03. The highest BCUT2D eigenvalue weighted by molar-refractivity contribution is 4.93. The fourth-order valence-electron chi connectivity index (χ4n) is 3.66. The molecule has 2 saturated carbocycles. The van der Waals surface area contributed by atoms with Gasteiger partial charge in [0, 0.05) is 6.61 Å². The number of hydrogen-bond acceptors (Lipinski definition) is 2. The average Bonchev–Trinajstić information content (AvgIpc) is 2.62. The minimum Gasteiger partial charge on any atom is -0.396 e. The molecular formula is C12H22O2. The van der Waals surface area contributed by atoms with E-state index in [0.29, 0.717) is 30.3 Å². The summed E-state index contributed by atoms with van der Waals surface area (Å²) in [6.07, 6.45) is 5.80. The average molecular weight is 198 g/mol. The van der Waals surface area contributed by atoms with Crippen LogP contribution in [0.3, 0.4) is 0 Å². The molecule has 0 heterocycles. The maximum absolute atomic E-state index is 9.89. The molecule has 2 aliphatic carbocycles. The van der Waals surface area contributed by atoms with Crippen LogP contribution in [0.5, 0.6) is 0 Å². The molecule has 0 spiro atoms. The molecule has 2 nitrogen and oxygen atoms in total. The van der Waals surface area contributed by atoms with Crippen molar-refractivity contribution in [3.63, 3.8) is 0 Å². The summed E-state index contributed by atoms with van der Waals surface area (Å²) in [4.78, 5) is 0. The summed E-state index contributed by atoms with van der Waals surface area (Å²) in [5.41, 5.74) is 0. The van der Waals surface area contributed by atoms with E-state index < -0.39 is 0 Å². The Kier molecular flexibility index (Phi) is 3.13. The summed E-state index contributed by atoms with van der Waals surface area (Å²) in [5.74, 6) is 2.33. The SMILES string of the molecule is C[C@H](CO)[C@H]1CC[C@H]2C(O)CCC[C@H]12. The topological polar surface area (TPSA) is 40.5 Å². The van der Waals surface area contributed by atoms with E-state index in [1.807, 2.05) is 0 Å². The summed E-state index contributed by atoms with van der Waals surface area (Å²) in [7, 11) is 0. The predicted octanol–water partition coefficient (Wildman–Crippen LogP) is 1.80. The number of aliphatic hydroxyl groups excluding tert-OH is 2. The number of rotatable bonds is 2. The molecule has 0 aliphatic heterocycles. The van der Waals surface area contributed by atoms with Gasteiger partial charge in [-0.25, -0.2) is 0 Å². The van der Waals surface area contributed by atoms with Gasteiger partial charge in [-0.1, -0.05) is 13.3 Å². The molecular weight excluding hydrogens is 176 g/mol. The van der Waals surface area contributed by atoms with Crippen molar-refractivity contribution >= 4 is 0 Å². The zero-order chi connectivity index (χ0) is 10.1. The van der Waals surface area contributed by atoms with Gasteiger partial charge in [0.05, 0.1) is 6.10 Å². The Morgan fingerprint density at radius 3 is 2.64 bits per heavy atom. The zero-order valence-corrected chi connectivity index (χ0v) is 9.02. The van der Waals surface area contributed by atoms with Crippen LogP contribution in [0.15, 0.2) is 0 Å². The smallest absolute Gasteiger partial charge is 0.0571 e. The van der Waals surface area contributed by atoms with E-state index in [-0.39, 0.29) is 6.10 Å². The van der Waals surface area contributed by atoms with Gasteiger partial charge in [0.15, 0.2) is 0 Å². The number of aliphatic hydroxyl groups is 2. The van der Waals surface area contributed by atoms with Gasteiger partial charge >= 0.3 is 0 Å². The molecule has 0 aromatic rings. The van der Waals surface area contributed by atoms with Crippen molar-refractivity contribution in [1.29, 1.82) is 0 Å². The van der Waals surface area contributed by atoms with E-state index in [1.165, 1.54) is 25.7 Å². The quantitative estimate of drug-likeness (QED) is 0.710. The first-order valence-corrected chi connectivity index (χ1v) is 6.03. The Hall–Kier alpha value is -0.0800. The van der Waals surface area contributed by atoms with Crippen LogP contribution in [-0.4, -0.2) is 22.9 Å². The lowest BCUT2D eigenvalue weighted by molar-refractivity contribution is 0.0268. The lowest BCUT2D eigenvalue weighted by Gasteiger charge is -2.34. The molecule has 14 heavy (non-hydrogen) atoms. The van der Waals surface area contributed by atoms with Crippen LogP contribution in [0.25, 0.3) is 0 Å². The third kappa shape index (κ3) is 1.70. The third-order valence-corrected chi connectivity index (χ3v) is 4.48. The van der Waals surface area contributed by atoms with E-state index in [1.54, 1.807) is 0 Å². The van der Waals surface area contributed by atoms with Crippen molar-refractivity contribution in [2.45, 2.75) is 45.1 Å². The van der Waals surface area contributed by atoms with E-state index >= 15 is 0 Å². The molecule has 2 rings (SSSR count). The van der Waals surface area contributed by atoms with Crippen molar-refractivity contribution in [3.05, 3.63) is 0 Å². The van der Waals surface area contributed by atoms with E-state index in [9.17, 15) is 10.2 Å². The van der Waals surface area contributed by atoms with E-state index in [4.69, 9.17) is 0 Å². The molecule has 2 fully saturated rings. The fraction of sp³-hybridized carbons (Fsp3) is 1.00. The van der Waals surface area contributed by atoms with Gasteiger partial charge in [-0.05, 0) is 49.4 Å². The molecule has 0 radical (unpaired) electrons. The highest BCUT2D eigenvalue weighted by Crippen LogP contribution is 2.48. The predicted molar refractivity (Wildman–Crippen MR) is 55.8 cm³/mol. The maximum atomic E-state index is 9.89. The second kappa shape index (κ2) is 4.19. The van der Waals surface area contributed by atoms with Crippen molar-refractivity contribution in [2.24, 2.45) is 23.7 Å². The van der Waals surface area contributed by atoms with Gasteiger partial charge in [-0.2, -0.15) is 0 Å². The highest BCUT2D eigenvalue weighted by Gasteiger charge is 2.43. The highest BCUT2D eigenvalue weighted by atomic mass is 16.3. The largest absolute Gasteiger partial charge is 0.396 e. The van der Waals surface area contributed by atoms with Crippen LogP contribution in [0.2, 0.25) is 0 Å². The molecule has 2 aliphatic rings. The Morgan fingerprint density at radius 1 is 1.14 bits per heavy atom. The molecule has 2 heteroatoms. The first kappa shape index (κ1) is 10.4. The van der Waals surface area contributed by atoms with Crippen LogP contribution >= 0.6 is 0 Å². The van der Waals surface area contributed by atoms with Crippen molar-refractivity contribution < 1.29 is 10.2 Å². The van der Waals surface area contributed by atoms with Gasteiger partial charge in [-0.15, -0.1) is 0 Å². The van der Waals surface area contributed by atoms with Gasteiger partial charge in [0.1, 0.15) is 0 Å². The summed E-state index contributed by atoms with van der Waals surface area (Å²) in [6.45, 7) is 2.46. The molecule has 5 atom stereocenters. The van der Waals surface area contributed by atoms with Gasteiger partial charge in [0.25, 0.3) is 0 Å². The van der Waals surface area contributed by atoms with Gasteiger partial charge in [-0.3, -0.25) is 0 Å². The fourth-order valence-corrected chi connectivity index (χ4v) is 3.66. The van der Waals surface area contributed by atoms with Crippen LogP contribution < -0.4 is 0 Å². The van der Waals surface area contributed by atoms with E-state index in [2.05, 4.69) is 6.92 Å². The van der Waals surface area contributed by atoms with Crippen LogP contribution in [-0.2, 0) is 0 Å². The lowest BCUT2D eigenvalue weighted by Crippen LogP contribution is -2.33. The van der Waals surface area contributed by atoms with Crippen LogP contribution in [0, 0.1) is 23.7 Å². The summed E-state index contributed by atoms with van der Waals surface area (Å²) < 4.78 is 0. The minimum atomic E-state index is -0.0513. The number of hydrogen-bond donors (Lipinski definition) is 2. The molecule has 0 amide bonds. The standard InChI is InChI=1S/C12H22O2/c1-8(7-13)9-5-6-11-10(9)3-2-4-12(11)14/h8-14H,2-7H2,1H3/t8-,9-,10-,11-,12?/m1/s1. The monoisotopic (exact) mass is 198 g/mol. The first-order chi connectivity index (χ1) is 6.74. The summed E-state index contributed by atoms with van der Waals surface area (Å²) in [5, 5.41) is 19.1. The second-order valence-electron chi connectivity index (χ2n) is 5.23. The Balaban J connectivity index is 2.03. The molecule has 0 aromatic heterocycles. The lowest BCUT2D eigenvalue weighted by atomic mass is 9.73. The second-order valence-corrected chi connectivity index (χ2v) is 5.23. The van der Waals surface area contributed by atoms with Crippen molar-refractivity contribution in [1.82, 2.24) is 0 Å². The zero-order valence-electron chi connectivity index (χ0n) is 9.02. The number of fused-ring (bicyclic) bond motifs is 1. The molecule has 0 aromatic carbocycles. The summed E-state index contributed by atoms with van der Waals surface area (Å²) in [6, 6.07) is 0. The molecule has 1 unspecified atom stereocenters.